The largest absolute Gasteiger partial charge is 0.490 e. The lowest BCUT2D eigenvalue weighted by molar-refractivity contribution is -0.385. The first-order valence-corrected chi connectivity index (χ1v) is 8.15. The fraction of sp³-hybridized carbons (Fsp3) is 0.353. The Bertz CT molecular complexity index is 826. The average Bonchev–Trinajstić information content (AvgIpc) is 3.12. The highest BCUT2D eigenvalue weighted by molar-refractivity contribution is 6.31. The van der Waals surface area contributed by atoms with E-state index in [9.17, 15) is 24.5 Å². The number of hydrogen-bond donors (Lipinski definition) is 1. The molecule has 9 nitrogen and oxygen atoms in total. The minimum atomic E-state index is -0.812. The molecule has 4 amide bonds. The summed E-state index contributed by atoms with van der Waals surface area (Å²) in [6.45, 7) is 0. The summed E-state index contributed by atoms with van der Waals surface area (Å²) >= 11 is 0. The van der Waals surface area contributed by atoms with Crippen LogP contribution in [0, 0.1) is 10.1 Å². The maximum atomic E-state index is 12.7. The molecule has 1 saturated carbocycles. The molecule has 0 radical (unpaired) electrons. The Hall–Kier alpha value is -3.23. The van der Waals surface area contributed by atoms with E-state index >= 15 is 0 Å². The molecule has 1 aliphatic carbocycles. The first-order valence-electron chi connectivity index (χ1n) is 8.15. The Labute approximate surface area is 148 Å². The van der Waals surface area contributed by atoms with Gasteiger partial charge in [0.25, 0.3) is 11.8 Å². The van der Waals surface area contributed by atoms with E-state index < -0.39 is 22.8 Å². The third-order valence-electron chi connectivity index (χ3n) is 4.53. The summed E-state index contributed by atoms with van der Waals surface area (Å²) in [5.41, 5.74) is -0.220. The zero-order valence-corrected chi connectivity index (χ0v) is 14.1. The number of carbonyl (C=O) groups is 3. The van der Waals surface area contributed by atoms with Crippen molar-refractivity contribution in [3.05, 3.63) is 39.4 Å². The Kier molecular flexibility index (Phi) is 4.70. The van der Waals surface area contributed by atoms with Crippen molar-refractivity contribution in [1.82, 2.24) is 10.2 Å². The number of imide groups is 2. The second-order valence-corrected chi connectivity index (χ2v) is 6.12. The number of nitro groups is 1. The third kappa shape index (κ3) is 3.15. The van der Waals surface area contributed by atoms with Crippen LogP contribution in [0.15, 0.2) is 23.8 Å². The van der Waals surface area contributed by atoms with Gasteiger partial charge >= 0.3 is 11.7 Å². The van der Waals surface area contributed by atoms with Gasteiger partial charge in [0.1, 0.15) is 5.57 Å². The number of nitrogens with zero attached hydrogens (tertiary/aromatic N) is 2. The van der Waals surface area contributed by atoms with Gasteiger partial charge in [0, 0.05) is 12.1 Å². The molecule has 0 atom stereocenters. The number of urea groups is 1. The fourth-order valence-electron chi connectivity index (χ4n) is 3.27. The molecule has 3 rings (SSSR count). The normalized spacial score (nSPS) is 19.8. The van der Waals surface area contributed by atoms with E-state index in [1.54, 1.807) is 0 Å². The molecule has 0 unspecified atom stereocenters. The van der Waals surface area contributed by atoms with E-state index in [1.807, 2.05) is 0 Å². The van der Waals surface area contributed by atoms with Crippen LogP contribution in [0.1, 0.15) is 31.2 Å². The molecular formula is C17H17N3O6. The quantitative estimate of drug-likeness (QED) is 0.380. The zero-order valence-electron chi connectivity index (χ0n) is 14.1. The average molecular weight is 359 g/mol. The summed E-state index contributed by atoms with van der Waals surface area (Å²) < 4.78 is 4.93. The number of barbiturate groups is 1. The van der Waals surface area contributed by atoms with E-state index in [1.165, 1.54) is 31.4 Å². The molecule has 1 saturated heterocycles. The first-order chi connectivity index (χ1) is 12.4. The summed E-state index contributed by atoms with van der Waals surface area (Å²) in [6.07, 6.45) is 4.49. The Morgan fingerprint density at radius 3 is 2.58 bits per heavy atom. The zero-order chi connectivity index (χ0) is 18.8. The van der Waals surface area contributed by atoms with Crippen LogP contribution in [-0.2, 0) is 9.59 Å². The maximum Gasteiger partial charge on any atom is 0.331 e. The van der Waals surface area contributed by atoms with Crippen LogP contribution in [0.4, 0.5) is 10.5 Å². The lowest BCUT2D eigenvalue weighted by Crippen LogP contribution is -2.57. The molecule has 1 N–H and O–H groups in total. The predicted molar refractivity (Wildman–Crippen MR) is 90.3 cm³/mol. The van der Waals surface area contributed by atoms with E-state index in [4.69, 9.17) is 4.74 Å². The molecule has 0 bridgehead atoms. The molecule has 0 spiro atoms. The summed E-state index contributed by atoms with van der Waals surface area (Å²) in [5, 5.41) is 13.3. The molecule has 136 valence electrons. The van der Waals surface area contributed by atoms with E-state index in [0.29, 0.717) is 12.8 Å². The molecule has 1 aliphatic heterocycles. The predicted octanol–water partition coefficient (Wildman–Crippen LogP) is 2.01. The van der Waals surface area contributed by atoms with Crippen molar-refractivity contribution in [2.24, 2.45) is 0 Å². The van der Waals surface area contributed by atoms with Crippen molar-refractivity contribution >= 4 is 29.6 Å². The molecule has 2 fully saturated rings. The van der Waals surface area contributed by atoms with Gasteiger partial charge in [-0.2, -0.15) is 0 Å². The molecule has 1 aromatic carbocycles. The minimum absolute atomic E-state index is 0.0688. The van der Waals surface area contributed by atoms with Gasteiger partial charge in [-0.25, -0.2) is 4.79 Å². The van der Waals surface area contributed by atoms with Gasteiger partial charge in [-0.15, -0.1) is 0 Å². The number of hydrogen-bond acceptors (Lipinski definition) is 6. The highest BCUT2D eigenvalue weighted by atomic mass is 16.6. The monoisotopic (exact) mass is 359 g/mol. The molecule has 1 heterocycles. The van der Waals surface area contributed by atoms with E-state index in [0.717, 1.165) is 17.7 Å². The Balaban J connectivity index is 1.97. The van der Waals surface area contributed by atoms with Crippen LogP contribution >= 0.6 is 0 Å². The first kappa shape index (κ1) is 17.6. The summed E-state index contributed by atoms with van der Waals surface area (Å²) in [5.74, 6) is -1.42. The Morgan fingerprint density at radius 1 is 1.27 bits per heavy atom. The van der Waals surface area contributed by atoms with E-state index in [-0.39, 0.29) is 28.6 Å². The second kappa shape index (κ2) is 6.95. The van der Waals surface area contributed by atoms with Crippen molar-refractivity contribution in [1.29, 1.82) is 0 Å². The number of ether oxygens (including phenoxy) is 1. The molecule has 26 heavy (non-hydrogen) atoms. The summed E-state index contributed by atoms with van der Waals surface area (Å²) in [4.78, 5) is 48.5. The fourth-order valence-corrected chi connectivity index (χ4v) is 3.27. The molecule has 1 aromatic rings. The van der Waals surface area contributed by atoms with Gasteiger partial charge in [-0.1, -0.05) is 18.9 Å². The van der Waals surface area contributed by atoms with Crippen molar-refractivity contribution in [3.8, 4) is 5.75 Å². The van der Waals surface area contributed by atoms with Gasteiger partial charge in [0.05, 0.1) is 12.0 Å². The SMILES string of the molecule is COc1ccc(/C=C2\C(=O)NC(=O)N(C3CCCC3)C2=O)cc1[N+](=O)[O-]. The number of methoxy groups -OCH3 is 1. The van der Waals surface area contributed by atoms with Crippen molar-refractivity contribution in [2.45, 2.75) is 31.7 Å². The van der Waals surface area contributed by atoms with Crippen molar-refractivity contribution in [3.63, 3.8) is 0 Å². The molecule has 2 aliphatic rings. The molecular weight excluding hydrogens is 342 g/mol. The van der Waals surface area contributed by atoms with Crippen LogP contribution in [0.3, 0.4) is 0 Å². The third-order valence-corrected chi connectivity index (χ3v) is 4.53. The lowest BCUT2D eigenvalue weighted by Gasteiger charge is -2.31. The van der Waals surface area contributed by atoms with Gasteiger partial charge in [0.2, 0.25) is 0 Å². The molecule has 0 aromatic heterocycles. The second-order valence-electron chi connectivity index (χ2n) is 6.12. The number of amides is 4. The van der Waals surface area contributed by atoms with Crippen LogP contribution in [0.25, 0.3) is 6.08 Å². The number of rotatable bonds is 4. The molecule has 9 heteroatoms. The lowest BCUT2D eigenvalue weighted by atomic mass is 10.0. The van der Waals surface area contributed by atoms with Crippen LogP contribution in [0.5, 0.6) is 5.75 Å². The minimum Gasteiger partial charge on any atom is -0.490 e. The maximum absolute atomic E-state index is 12.7. The Morgan fingerprint density at radius 2 is 1.96 bits per heavy atom. The van der Waals surface area contributed by atoms with Crippen LogP contribution in [-0.4, -0.2) is 40.8 Å². The van der Waals surface area contributed by atoms with Gasteiger partial charge < -0.3 is 4.74 Å². The van der Waals surface area contributed by atoms with Crippen molar-refractivity contribution in [2.75, 3.05) is 7.11 Å². The highest BCUT2D eigenvalue weighted by Crippen LogP contribution is 2.30. The number of carbonyl (C=O) groups excluding carboxylic acids is 3. The summed E-state index contributed by atoms with van der Waals surface area (Å²) in [7, 11) is 1.31. The highest BCUT2D eigenvalue weighted by Gasteiger charge is 2.40. The van der Waals surface area contributed by atoms with Crippen molar-refractivity contribution < 1.29 is 24.0 Å². The van der Waals surface area contributed by atoms with Crippen LogP contribution < -0.4 is 10.1 Å². The number of benzene rings is 1. The topological polar surface area (TPSA) is 119 Å². The van der Waals surface area contributed by atoms with Crippen LogP contribution in [0.2, 0.25) is 0 Å². The standard InChI is InChI=1S/C17H17N3O6/c1-26-14-7-6-10(9-13(14)20(24)25)8-12-15(21)18-17(23)19(16(12)22)11-4-2-3-5-11/h6-9,11H,2-5H2,1H3,(H,18,21,23)/b12-8+. The van der Waals surface area contributed by atoms with Gasteiger partial charge in [-0.05, 0) is 30.5 Å². The van der Waals surface area contributed by atoms with Gasteiger partial charge in [0.15, 0.2) is 5.75 Å². The smallest absolute Gasteiger partial charge is 0.331 e. The summed E-state index contributed by atoms with van der Waals surface area (Å²) in [6, 6.07) is 3.14. The van der Waals surface area contributed by atoms with Gasteiger partial charge in [-0.3, -0.25) is 29.9 Å². The number of nitro benzene ring substituents is 1. The number of nitrogens with one attached hydrogen (secondary N) is 1. The van der Waals surface area contributed by atoms with E-state index in [2.05, 4.69) is 5.32 Å².